The van der Waals surface area contributed by atoms with Crippen LogP contribution in [0.4, 0.5) is 17.6 Å². The van der Waals surface area contributed by atoms with Gasteiger partial charge in [-0.25, -0.2) is 13.8 Å². The van der Waals surface area contributed by atoms with Crippen LogP contribution < -0.4 is 0 Å². The SMILES string of the molecule is OCc1cnc(COCC(F)(F)C(F)F)s1. The molecule has 0 bridgehead atoms. The standard InChI is InChI=1S/C8H9F4NO2S/c9-7(10)8(11,12)4-15-3-6-13-1-5(2-14)16-6/h1,7,14H,2-4H2. The van der Waals surface area contributed by atoms with E-state index in [4.69, 9.17) is 5.11 Å². The van der Waals surface area contributed by atoms with E-state index < -0.39 is 19.0 Å². The maximum atomic E-state index is 12.4. The first-order valence-corrected chi connectivity index (χ1v) is 5.05. The second-order valence-corrected chi connectivity index (χ2v) is 4.13. The molecule has 0 spiro atoms. The van der Waals surface area contributed by atoms with Gasteiger partial charge in [0, 0.05) is 6.20 Å². The lowest BCUT2D eigenvalue weighted by Gasteiger charge is -2.14. The van der Waals surface area contributed by atoms with Gasteiger partial charge in [-0.2, -0.15) is 8.78 Å². The number of nitrogens with zero attached hydrogens (tertiary/aromatic N) is 1. The fraction of sp³-hybridized carbons (Fsp3) is 0.625. The quantitative estimate of drug-likeness (QED) is 0.795. The summed E-state index contributed by atoms with van der Waals surface area (Å²) in [5, 5.41) is 9.04. The molecule has 8 heteroatoms. The van der Waals surface area contributed by atoms with Crippen molar-refractivity contribution >= 4 is 11.3 Å². The summed E-state index contributed by atoms with van der Waals surface area (Å²) in [6.07, 6.45) is -2.37. The van der Waals surface area contributed by atoms with Crippen LogP contribution in [0.5, 0.6) is 0 Å². The zero-order valence-corrected chi connectivity index (χ0v) is 8.82. The molecule has 1 heterocycles. The number of thiazole rings is 1. The van der Waals surface area contributed by atoms with E-state index in [2.05, 4.69) is 9.72 Å². The normalized spacial score (nSPS) is 12.4. The zero-order valence-electron chi connectivity index (χ0n) is 8.00. The Balaban J connectivity index is 2.35. The molecule has 1 N–H and O–H groups in total. The van der Waals surface area contributed by atoms with Crippen LogP contribution in [-0.4, -0.2) is 29.0 Å². The smallest absolute Gasteiger partial charge is 0.330 e. The number of rotatable bonds is 6. The van der Waals surface area contributed by atoms with E-state index in [0.29, 0.717) is 9.88 Å². The summed E-state index contributed by atoms with van der Waals surface area (Å²) in [7, 11) is 0. The van der Waals surface area contributed by atoms with Gasteiger partial charge in [-0.1, -0.05) is 0 Å². The van der Waals surface area contributed by atoms with Crippen LogP contribution in [0.15, 0.2) is 6.20 Å². The molecule has 0 fully saturated rings. The highest BCUT2D eigenvalue weighted by Crippen LogP contribution is 2.23. The van der Waals surface area contributed by atoms with E-state index in [-0.39, 0.29) is 13.2 Å². The van der Waals surface area contributed by atoms with Crippen LogP contribution in [0, 0.1) is 0 Å². The molecule has 1 aromatic heterocycles. The van der Waals surface area contributed by atoms with Crippen LogP contribution in [-0.2, 0) is 18.0 Å². The number of alkyl halides is 4. The largest absolute Gasteiger partial charge is 0.391 e. The molecule has 1 aromatic rings. The van der Waals surface area contributed by atoms with Gasteiger partial charge in [0.05, 0.1) is 18.1 Å². The summed E-state index contributed by atoms with van der Waals surface area (Å²) in [6, 6.07) is 0. The van der Waals surface area contributed by atoms with Crippen molar-refractivity contribution in [3.05, 3.63) is 16.1 Å². The molecule has 0 amide bonds. The highest BCUT2D eigenvalue weighted by Gasteiger charge is 2.40. The molecule has 0 aliphatic heterocycles. The van der Waals surface area contributed by atoms with Crippen LogP contribution in [0.1, 0.15) is 9.88 Å². The van der Waals surface area contributed by atoms with Gasteiger partial charge in [-0.3, -0.25) is 0 Å². The molecule has 0 atom stereocenters. The second-order valence-electron chi connectivity index (χ2n) is 2.93. The third-order valence-electron chi connectivity index (χ3n) is 1.60. The zero-order chi connectivity index (χ0) is 12.2. The first kappa shape index (κ1) is 13.3. The van der Waals surface area contributed by atoms with Crippen molar-refractivity contribution in [3.63, 3.8) is 0 Å². The van der Waals surface area contributed by atoms with E-state index in [1.165, 1.54) is 6.20 Å². The van der Waals surface area contributed by atoms with Gasteiger partial charge in [0.25, 0.3) is 0 Å². The fourth-order valence-electron chi connectivity index (χ4n) is 0.825. The van der Waals surface area contributed by atoms with Crippen molar-refractivity contribution in [2.24, 2.45) is 0 Å². The van der Waals surface area contributed by atoms with Crippen LogP contribution in [0.25, 0.3) is 0 Å². The fourth-order valence-corrected chi connectivity index (χ4v) is 1.55. The predicted molar refractivity (Wildman–Crippen MR) is 48.6 cm³/mol. The molecule has 0 aromatic carbocycles. The Hall–Kier alpha value is -0.730. The number of ether oxygens (including phenoxy) is 1. The van der Waals surface area contributed by atoms with Crippen molar-refractivity contribution in [2.75, 3.05) is 6.61 Å². The predicted octanol–water partition coefficient (Wildman–Crippen LogP) is 2.05. The maximum absolute atomic E-state index is 12.4. The molecule has 1 rings (SSSR count). The third kappa shape index (κ3) is 3.69. The van der Waals surface area contributed by atoms with E-state index in [0.717, 1.165) is 11.3 Å². The molecule has 16 heavy (non-hydrogen) atoms. The number of aliphatic hydroxyl groups excluding tert-OH is 1. The summed E-state index contributed by atoms with van der Waals surface area (Å²) in [5.74, 6) is -4.14. The van der Waals surface area contributed by atoms with Crippen LogP contribution in [0.3, 0.4) is 0 Å². The molecule has 0 saturated carbocycles. The van der Waals surface area contributed by atoms with Crippen molar-refractivity contribution < 1.29 is 27.4 Å². The summed E-state index contributed by atoms with van der Waals surface area (Å²) in [5.41, 5.74) is 0. The summed E-state index contributed by atoms with van der Waals surface area (Å²) >= 11 is 1.07. The number of hydrogen-bond donors (Lipinski definition) is 1. The minimum absolute atomic E-state index is 0.204. The minimum atomic E-state index is -4.14. The van der Waals surface area contributed by atoms with E-state index >= 15 is 0 Å². The van der Waals surface area contributed by atoms with Gasteiger partial charge in [0.15, 0.2) is 0 Å². The first-order valence-electron chi connectivity index (χ1n) is 4.24. The Kier molecular flexibility index (Phi) is 4.63. The van der Waals surface area contributed by atoms with Crippen molar-refractivity contribution in [3.8, 4) is 0 Å². The van der Waals surface area contributed by atoms with Crippen molar-refractivity contribution in [1.82, 2.24) is 4.98 Å². The Morgan fingerprint density at radius 2 is 2.19 bits per heavy atom. The molecule has 92 valence electrons. The third-order valence-corrected chi connectivity index (χ3v) is 2.55. The van der Waals surface area contributed by atoms with Gasteiger partial charge >= 0.3 is 12.3 Å². The highest BCUT2D eigenvalue weighted by molar-refractivity contribution is 7.11. The summed E-state index contributed by atoms with van der Waals surface area (Å²) < 4.78 is 52.7. The Labute approximate surface area is 92.7 Å². The van der Waals surface area contributed by atoms with Gasteiger partial charge < -0.3 is 9.84 Å². The number of aromatic nitrogens is 1. The molecule has 0 saturated heterocycles. The first-order chi connectivity index (χ1) is 7.45. The monoisotopic (exact) mass is 259 g/mol. The molecular weight excluding hydrogens is 250 g/mol. The number of hydrogen-bond acceptors (Lipinski definition) is 4. The van der Waals surface area contributed by atoms with Crippen LogP contribution >= 0.6 is 11.3 Å². The lowest BCUT2D eigenvalue weighted by Crippen LogP contribution is -2.32. The molecule has 0 radical (unpaired) electrons. The van der Waals surface area contributed by atoms with E-state index in [1.807, 2.05) is 0 Å². The average Bonchev–Trinajstić information content (AvgIpc) is 2.65. The second kappa shape index (κ2) is 5.55. The average molecular weight is 259 g/mol. The van der Waals surface area contributed by atoms with E-state index in [1.54, 1.807) is 0 Å². The molecule has 0 unspecified atom stereocenters. The molecule has 3 nitrogen and oxygen atoms in total. The summed E-state index contributed by atoms with van der Waals surface area (Å²) in [4.78, 5) is 4.31. The lowest BCUT2D eigenvalue weighted by molar-refractivity contribution is -0.168. The van der Waals surface area contributed by atoms with Gasteiger partial charge in [-0.15, -0.1) is 11.3 Å². The molecule has 0 aliphatic carbocycles. The number of aliphatic hydroxyl groups is 1. The van der Waals surface area contributed by atoms with Crippen molar-refractivity contribution in [1.29, 1.82) is 0 Å². The minimum Gasteiger partial charge on any atom is -0.391 e. The van der Waals surface area contributed by atoms with Gasteiger partial charge in [-0.05, 0) is 0 Å². The Morgan fingerprint density at radius 1 is 1.50 bits per heavy atom. The van der Waals surface area contributed by atoms with E-state index in [9.17, 15) is 17.6 Å². The van der Waals surface area contributed by atoms with Gasteiger partial charge in [0.2, 0.25) is 0 Å². The Morgan fingerprint density at radius 3 is 2.69 bits per heavy atom. The molecular formula is C8H9F4NO2S. The van der Waals surface area contributed by atoms with Crippen LogP contribution in [0.2, 0.25) is 0 Å². The number of halogens is 4. The lowest BCUT2D eigenvalue weighted by atomic mass is 10.4. The molecule has 0 aliphatic rings. The maximum Gasteiger partial charge on any atom is 0.330 e. The summed E-state index contributed by atoms with van der Waals surface area (Å²) in [6.45, 7) is -1.82. The topological polar surface area (TPSA) is 42.4 Å². The van der Waals surface area contributed by atoms with Crippen molar-refractivity contribution in [2.45, 2.75) is 25.6 Å². The van der Waals surface area contributed by atoms with Gasteiger partial charge in [0.1, 0.15) is 11.6 Å². The Bertz CT molecular complexity index is 332. The highest BCUT2D eigenvalue weighted by atomic mass is 32.1.